The molecule has 1 aliphatic carbocycles. The average Bonchev–Trinajstić information content (AvgIpc) is 2.79. The van der Waals surface area contributed by atoms with Crippen LogP contribution in [0.25, 0.3) is 0 Å². The van der Waals surface area contributed by atoms with Crippen molar-refractivity contribution in [2.24, 2.45) is 11.7 Å². The van der Waals surface area contributed by atoms with E-state index in [-0.39, 0.29) is 18.2 Å². The molecular formula is C15H20F4N2. The van der Waals surface area contributed by atoms with Gasteiger partial charge < -0.3 is 11.1 Å². The molecule has 3 atom stereocenters. The van der Waals surface area contributed by atoms with Gasteiger partial charge in [-0.2, -0.15) is 13.2 Å². The van der Waals surface area contributed by atoms with Crippen LogP contribution in [0.4, 0.5) is 17.6 Å². The van der Waals surface area contributed by atoms with E-state index >= 15 is 0 Å². The Morgan fingerprint density at radius 1 is 1.29 bits per heavy atom. The van der Waals surface area contributed by atoms with Gasteiger partial charge in [-0.15, -0.1) is 0 Å². The van der Waals surface area contributed by atoms with Crippen molar-refractivity contribution >= 4 is 0 Å². The minimum atomic E-state index is -4.56. The Morgan fingerprint density at radius 2 is 2.00 bits per heavy atom. The molecule has 2 rings (SSSR count). The zero-order chi connectivity index (χ0) is 15.6. The van der Waals surface area contributed by atoms with Gasteiger partial charge in [-0.05, 0) is 48.9 Å². The number of hydrogen-bond donors (Lipinski definition) is 2. The Labute approximate surface area is 121 Å². The van der Waals surface area contributed by atoms with E-state index in [4.69, 9.17) is 5.73 Å². The first kappa shape index (κ1) is 16.2. The molecule has 0 spiro atoms. The lowest BCUT2D eigenvalue weighted by Crippen LogP contribution is -2.35. The first-order valence-corrected chi connectivity index (χ1v) is 7.13. The normalized spacial score (nSPS) is 24.3. The van der Waals surface area contributed by atoms with Crippen LogP contribution in [0, 0.1) is 11.7 Å². The van der Waals surface area contributed by atoms with Crippen LogP contribution >= 0.6 is 0 Å². The third kappa shape index (κ3) is 4.17. The maximum Gasteiger partial charge on any atom is 0.416 e. The molecule has 0 radical (unpaired) electrons. The summed E-state index contributed by atoms with van der Waals surface area (Å²) < 4.78 is 51.7. The fraction of sp³-hybridized carbons (Fsp3) is 0.600. The van der Waals surface area contributed by atoms with Crippen LogP contribution < -0.4 is 11.1 Å². The number of alkyl halides is 3. The summed E-state index contributed by atoms with van der Waals surface area (Å²) in [6.45, 7) is 2.27. The zero-order valence-corrected chi connectivity index (χ0v) is 11.9. The van der Waals surface area contributed by atoms with E-state index in [2.05, 4.69) is 12.2 Å². The summed E-state index contributed by atoms with van der Waals surface area (Å²) in [5.74, 6) is -0.293. The summed E-state index contributed by atoms with van der Waals surface area (Å²) >= 11 is 0. The quantitative estimate of drug-likeness (QED) is 0.834. The minimum absolute atomic E-state index is 0.131. The van der Waals surface area contributed by atoms with Crippen molar-refractivity contribution in [3.05, 3.63) is 35.1 Å². The van der Waals surface area contributed by atoms with Crippen LogP contribution in [0.15, 0.2) is 18.2 Å². The monoisotopic (exact) mass is 304 g/mol. The van der Waals surface area contributed by atoms with Gasteiger partial charge in [0.2, 0.25) is 0 Å². The highest BCUT2D eigenvalue weighted by atomic mass is 19.4. The molecule has 0 bridgehead atoms. The maximum atomic E-state index is 13.5. The fourth-order valence-corrected chi connectivity index (χ4v) is 2.92. The summed E-state index contributed by atoms with van der Waals surface area (Å²) in [6, 6.07) is 2.38. The molecule has 1 aromatic carbocycles. The van der Waals surface area contributed by atoms with Crippen LogP contribution in [0.1, 0.15) is 43.4 Å². The van der Waals surface area contributed by atoms with Gasteiger partial charge in [-0.1, -0.05) is 6.92 Å². The number of nitrogens with two attached hydrogens (primary N) is 1. The molecule has 1 aliphatic rings. The molecule has 21 heavy (non-hydrogen) atoms. The summed E-state index contributed by atoms with van der Waals surface area (Å²) in [5, 5.41) is 3.26. The van der Waals surface area contributed by atoms with Gasteiger partial charge in [0.15, 0.2) is 0 Å². The van der Waals surface area contributed by atoms with Gasteiger partial charge >= 0.3 is 6.18 Å². The first-order chi connectivity index (χ1) is 9.79. The van der Waals surface area contributed by atoms with E-state index in [0.29, 0.717) is 12.0 Å². The Morgan fingerprint density at radius 3 is 2.52 bits per heavy atom. The smallest absolute Gasteiger partial charge is 0.329 e. The Bertz CT molecular complexity index is 487. The number of rotatable bonds is 4. The van der Waals surface area contributed by atoms with Crippen LogP contribution in [0.5, 0.6) is 0 Å². The Hall–Kier alpha value is -1.14. The molecule has 6 heteroatoms. The van der Waals surface area contributed by atoms with E-state index in [9.17, 15) is 17.6 Å². The summed E-state index contributed by atoms with van der Waals surface area (Å²) in [4.78, 5) is 0. The summed E-state index contributed by atoms with van der Waals surface area (Å²) in [7, 11) is 0. The molecule has 1 saturated carbocycles. The molecule has 0 aliphatic heterocycles. The second kappa shape index (κ2) is 6.32. The fourth-order valence-electron chi connectivity index (χ4n) is 2.92. The predicted octanol–water partition coefficient (Wildman–Crippen LogP) is 3.62. The molecule has 118 valence electrons. The molecule has 3 N–H and O–H groups in total. The van der Waals surface area contributed by atoms with E-state index in [1.54, 1.807) is 0 Å². The number of hydrogen-bond acceptors (Lipinski definition) is 2. The molecule has 0 amide bonds. The molecule has 2 nitrogen and oxygen atoms in total. The minimum Gasteiger partial charge on any atom is -0.329 e. The third-order valence-corrected chi connectivity index (χ3v) is 4.02. The van der Waals surface area contributed by atoms with Gasteiger partial charge in [0.1, 0.15) is 5.82 Å². The molecule has 0 saturated heterocycles. The van der Waals surface area contributed by atoms with Gasteiger partial charge in [-0.3, -0.25) is 0 Å². The SMILES string of the molecule is CC1CCC(NC(CN)c2cc(F)cc(C(F)(F)F)c2)C1. The van der Waals surface area contributed by atoms with Gasteiger partial charge in [0.05, 0.1) is 5.56 Å². The lowest BCUT2D eigenvalue weighted by molar-refractivity contribution is -0.137. The summed E-state index contributed by atoms with van der Waals surface area (Å²) in [5.41, 5.74) is 4.94. The highest BCUT2D eigenvalue weighted by Gasteiger charge is 2.32. The maximum absolute atomic E-state index is 13.5. The van der Waals surface area contributed by atoms with E-state index in [1.807, 2.05) is 0 Å². The second-order valence-corrected chi connectivity index (χ2v) is 5.84. The number of nitrogens with one attached hydrogen (secondary N) is 1. The van der Waals surface area contributed by atoms with Crippen LogP contribution in [0.3, 0.4) is 0 Å². The predicted molar refractivity (Wildman–Crippen MR) is 73.1 cm³/mol. The van der Waals surface area contributed by atoms with Crippen LogP contribution in [-0.4, -0.2) is 12.6 Å². The van der Waals surface area contributed by atoms with Crippen molar-refractivity contribution in [1.82, 2.24) is 5.32 Å². The van der Waals surface area contributed by atoms with Crippen molar-refractivity contribution in [2.45, 2.75) is 44.4 Å². The number of halogens is 4. The van der Waals surface area contributed by atoms with Crippen molar-refractivity contribution < 1.29 is 17.6 Å². The lowest BCUT2D eigenvalue weighted by Gasteiger charge is -2.23. The third-order valence-electron chi connectivity index (χ3n) is 4.02. The highest BCUT2D eigenvalue weighted by Crippen LogP contribution is 2.32. The van der Waals surface area contributed by atoms with Gasteiger partial charge in [0, 0.05) is 18.6 Å². The Kier molecular flexibility index (Phi) is 4.88. The molecule has 1 fully saturated rings. The van der Waals surface area contributed by atoms with Crippen molar-refractivity contribution in [3.63, 3.8) is 0 Å². The molecular weight excluding hydrogens is 284 g/mol. The molecule has 0 aromatic heterocycles. The average molecular weight is 304 g/mol. The Balaban J connectivity index is 2.19. The second-order valence-electron chi connectivity index (χ2n) is 5.84. The van der Waals surface area contributed by atoms with E-state index in [1.165, 1.54) is 0 Å². The first-order valence-electron chi connectivity index (χ1n) is 7.13. The zero-order valence-electron chi connectivity index (χ0n) is 11.9. The van der Waals surface area contributed by atoms with Crippen LogP contribution in [-0.2, 0) is 6.18 Å². The van der Waals surface area contributed by atoms with Crippen molar-refractivity contribution in [3.8, 4) is 0 Å². The van der Waals surface area contributed by atoms with Crippen molar-refractivity contribution in [1.29, 1.82) is 0 Å². The molecule has 0 heterocycles. The van der Waals surface area contributed by atoms with E-state index in [0.717, 1.165) is 31.4 Å². The standard InChI is InChI=1S/C15H20F4N2/c1-9-2-3-13(4-9)21-14(8-20)10-5-11(15(17,18)19)7-12(16)6-10/h5-7,9,13-14,21H,2-4,8,20H2,1H3. The van der Waals surface area contributed by atoms with Gasteiger partial charge in [-0.25, -0.2) is 4.39 Å². The molecule has 3 unspecified atom stereocenters. The molecule has 1 aromatic rings. The lowest BCUT2D eigenvalue weighted by atomic mass is 10.0. The summed E-state index contributed by atoms with van der Waals surface area (Å²) in [6.07, 6.45) is -1.53. The van der Waals surface area contributed by atoms with Crippen molar-refractivity contribution in [2.75, 3.05) is 6.54 Å². The number of benzene rings is 1. The van der Waals surface area contributed by atoms with E-state index < -0.39 is 23.6 Å². The van der Waals surface area contributed by atoms with Crippen LogP contribution in [0.2, 0.25) is 0 Å². The largest absolute Gasteiger partial charge is 0.416 e. The van der Waals surface area contributed by atoms with Gasteiger partial charge in [0.25, 0.3) is 0 Å². The topological polar surface area (TPSA) is 38.0 Å². The highest BCUT2D eigenvalue weighted by molar-refractivity contribution is 5.29.